The molecule has 1 atom stereocenters. The van der Waals surface area contributed by atoms with Crippen molar-refractivity contribution in [2.45, 2.75) is 57.5 Å². The molecule has 1 saturated heterocycles. The van der Waals surface area contributed by atoms with Crippen LogP contribution in [0.4, 0.5) is 0 Å². The van der Waals surface area contributed by atoms with Crippen molar-refractivity contribution < 1.29 is 9.90 Å². The van der Waals surface area contributed by atoms with E-state index in [4.69, 9.17) is 5.73 Å². The number of hydrogen-bond donors (Lipinski definition) is 2. The molecule has 0 aromatic carbocycles. The van der Waals surface area contributed by atoms with Crippen molar-refractivity contribution in [2.24, 2.45) is 5.73 Å². The highest BCUT2D eigenvalue weighted by Crippen LogP contribution is 2.19. The van der Waals surface area contributed by atoms with Gasteiger partial charge in [-0.15, -0.1) is 0 Å². The van der Waals surface area contributed by atoms with Gasteiger partial charge in [0.15, 0.2) is 0 Å². The Morgan fingerprint density at radius 1 is 1.44 bits per heavy atom. The predicted molar refractivity (Wildman–Crippen MR) is 63.9 cm³/mol. The van der Waals surface area contributed by atoms with Crippen molar-refractivity contribution in [3.63, 3.8) is 0 Å². The van der Waals surface area contributed by atoms with E-state index < -0.39 is 5.54 Å². The number of rotatable bonds is 3. The lowest BCUT2D eigenvalue weighted by atomic mass is 10.0. The fourth-order valence-electron chi connectivity index (χ4n) is 2.19. The molecule has 0 bridgehead atoms. The lowest BCUT2D eigenvalue weighted by Crippen LogP contribution is -2.46. The first-order chi connectivity index (χ1) is 7.44. The highest BCUT2D eigenvalue weighted by molar-refractivity contribution is 5.77. The van der Waals surface area contributed by atoms with E-state index in [-0.39, 0.29) is 18.6 Å². The maximum Gasteiger partial charge on any atom is 0.224 e. The number of aliphatic hydroxyl groups is 1. The van der Waals surface area contributed by atoms with E-state index in [9.17, 15) is 9.90 Å². The SMILES string of the molecule is CC(C)(N)CC(=O)N1CCCCCC1CO. The van der Waals surface area contributed by atoms with Crippen LogP contribution in [0.3, 0.4) is 0 Å². The summed E-state index contributed by atoms with van der Waals surface area (Å²) in [6.45, 7) is 4.55. The van der Waals surface area contributed by atoms with Gasteiger partial charge in [0, 0.05) is 18.5 Å². The van der Waals surface area contributed by atoms with Crippen molar-refractivity contribution in [1.29, 1.82) is 0 Å². The van der Waals surface area contributed by atoms with Crippen molar-refractivity contribution in [3.8, 4) is 0 Å². The second kappa shape index (κ2) is 5.64. The minimum Gasteiger partial charge on any atom is -0.394 e. The van der Waals surface area contributed by atoms with E-state index in [0.29, 0.717) is 6.42 Å². The van der Waals surface area contributed by atoms with Crippen LogP contribution in [0.25, 0.3) is 0 Å². The van der Waals surface area contributed by atoms with Crippen molar-refractivity contribution in [3.05, 3.63) is 0 Å². The van der Waals surface area contributed by atoms with Crippen molar-refractivity contribution >= 4 is 5.91 Å². The molecule has 0 aromatic heterocycles. The Balaban J connectivity index is 2.63. The lowest BCUT2D eigenvalue weighted by molar-refractivity contribution is -0.135. The van der Waals surface area contributed by atoms with Gasteiger partial charge in [0.2, 0.25) is 5.91 Å². The van der Waals surface area contributed by atoms with Crippen LogP contribution in [-0.2, 0) is 4.79 Å². The van der Waals surface area contributed by atoms with Gasteiger partial charge in [0.05, 0.1) is 12.6 Å². The zero-order valence-corrected chi connectivity index (χ0v) is 10.4. The zero-order valence-electron chi connectivity index (χ0n) is 10.4. The molecular weight excluding hydrogens is 204 g/mol. The van der Waals surface area contributed by atoms with Crippen LogP contribution in [0.2, 0.25) is 0 Å². The Hall–Kier alpha value is -0.610. The van der Waals surface area contributed by atoms with Gasteiger partial charge in [-0.2, -0.15) is 0 Å². The number of nitrogens with zero attached hydrogens (tertiary/aromatic N) is 1. The molecule has 1 unspecified atom stereocenters. The van der Waals surface area contributed by atoms with E-state index >= 15 is 0 Å². The molecule has 3 N–H and O–H groups in total. The van der Waals surface area contributed by atoms with Crippen LogP contribution >= 0.6 is 0 Å². The molecule has 1 aliphatic heterocycles. The first kappa shape index (κ1) is 13.5. The molecule has 1 amide bonds. The Morgan fingerprint density at radius 2 is 2.12 bits per heavy atom. The van der Waals surface area contributed by atoms with Gasteiger partial charge in [-0.1, -0.05) is 12.8 Å². The summed E-state index contributed by atoms with van der Waals surface area (Å²) in [4.78, 5) is 13.9. The summed E-state index contributed by atoms with van der Waals surface area (Å²) in [5.74, 6) is 0.0773. The Bertz CT molecular complexity index is 236. The molecule has 4 heteroatoms. The van der Waals surface area contributed by atoms with Gasteiger partial charge in [-0.3, -0.25) is 4.79 Å². The fourth-order valence-corrected chi connectivity index (χ4v) is 2.19. The summed E-state index contributed by atoms with van der Waals surface area (Å²) < 4.78 is 0. The summed E-state index contributed by atoms with van der Waals surface area (Å²) in [5.41, 5.74) is 5.39. The van der Waals surface area contributed by atoms with Gasteiger partial charge < -0.3 is 15.7 Å². The van der Waals surface area contributed by atoms with Gasteiger partial charge in [-0.25, -0.2) is 0 Å². The number of likely N-dealkylation sites (tertiary alicyclic amines) is 1. The number of carbonyl (C=O) groups excluding carboxylic acids is 1. The van der Waals surface area contributed by atoms with Crippen LogP contribution in [0.5, 0.6) is 0 Å². The fraction of sp³-hybridized carbons (Fsp3) is 0.917. The van der Waals surface area contributed by atoms with Gasteiger partial charge >= 0.3 is 0 Å². The topological polar surface area (TPSA) is 66.6 Å². The second-order valence-corrected chi connectivity index (χ2v) is 5.44. The van der Waals surface area contributed by atoms with E-state index in [1.807, 2.05) is 18.7 Å². The third-order valence-electron chi connectivity index (χ3n) is 3.02. The summed E-state index contributed by atoms with van der Waals surface area (Å²) in [6.07, 6.45) is 4.54. The maximum atomic E-state index is 12.1. The first-order valence-corrected chi connectivity index (χ1v) is 6.13. The van der Waals surface area contributed by atoms with E-state index in [2.05, 4.69) is 0 Å². The van der Waals surface area contributed by atoms with Gasteiger partial charge in [-0.05, 0) is 26.7 Å². The average molecular weight is 228 g/mol. The van der Waals surface area contributed by atoms with Crippen LogP contribution in [0, 0.1) is 0 Å². The summed E-state index contributed by atoms with van der Waals surface area (Å²) in [5, 5.41) is 9.31. The molecule has 1 heterocycles. The molecule has 4 nitrogen and oxygen atoms in total. The molecule has 1 rings (SSSR count). The van der Waals surface area contributed by atoms with Crippen molar-refractivity contribution in [1.82, 2.24) is 4.90 Å². The Kier molecular flexibility index (Phi) is 4.74. The Labute approximate surface area is 97.8 Å². The molecule has 1 aliphatic rings. The van der Waals surface area contributed by atoms with E-state index in [1.54, 1.807) is 0 Å². The largest absolute Gasteiger partial charge is 0.394 e. The van der Waals surface area contributed by atoms with Crippen LogP contribution in [0.1, 0.15) is 46.0 Å². The minimum atomic E-state index is -0.469. The molecule has 0 aliphatic carbocycles. The minimum absolute atomic E-state index is 0.00245. The molecule has 0 aromatic rings. The number of aliphatic hydroxyl groups excluding tert-OH is 1. The smallest absolute Gasteiger partial charge is 0.224 e. The van der Waals surface area contributed by atoms with Crippen LogP contribution < -0.4 is 5.73 Å². The Morgan fingerprint density at radius 3 is 2.69 bits per heavy atom. The maximum absolute atomic E-state index is 12.1. The third kappa shape index (κ3) is 4.10. The summed E-state index contributed by atoms with van der Waals surface area (Å²) >= 11 is 0. The van der Waals surface area contributed by atoms with Crippen LogP contribution in [-0.4, -0.2) is 40.6 Å². The predicted octanol–water partition coefficient (Wildman–Crippen LogP) is 0.877. The van der Waals surface area contributed by atoms with Crippen LogP contribution in [0.15, 0.2) is 0 Å². The first-order valence-electron chi connectivity index (χ1n) is 6.13. The molecule has 94 valence electrons. The molecule has 0 radical (unpaired) electrons. The standard InChI is InChI=1S/C12H24N2O2/c1-12(2,13)8-11(16)14-7-5-3-4-6-10(14)9-15/h10,15H,3-9,13H2,1-2H3. The molecular formula is C12H24N2O2. The van der Waals surface area contributed by atoms with Gasteiger partial charge in [0.25, 0.3) is 0 Å². The van der Waals surface area contributed by atoms with Gasteiger partial charge in [0.1, 0.15) is 0 Å². The molecule has 16 heavy (non-hydrogen) atoms. The number of nitrogens with two attached hydrogens (primary N) is 1. The summed E-state index contributed by atoms with van der Waals surface area (Å²) in [6, 6.07) is -0.00245. The third-order valence-corrected chi connectivity index (χ3v) is 3.02. The lowest BCUT2D eigenvalue weighted by Gasteiger charge is -2.31. The number of carbonyl (C=O) groups is 1. The number of hydrogen-bond acceptors (Lipinski definition) is 3. The average Bonchev–Trinajstić information content (AvgIpc) is 2.39. The highest BCUT2D eigenvalue weighted by atomic mass is 16.3. The molecule has 1 fully saturated rings. The normalized spacial score (nSPS) is 23.0. The quantitative estimate of drug-likeness (QED) is 0.753. The second-order valence-electron chi connectivity index (χ2n) is 5.44. The molecule has 0 saturated carbocycles. The highest BCUT2D eigenvalue weighted by Gasteiger charge is 2.27. The van der Waals surface area contributed by atoms with Crippen molar-refractivity contribution in [2.75, 3.05) is 13.2 Å². The van der Waals surface area contributed by atoms with E-state index in [0.717, 1.165) is 32.2 Å². The number of amides is 1. The zero-order chi connectivity index (χ0) is 12.2. The van der Waals surface area contributed by atoms with E-state index in [1.165, 1.54) is 0 Å². The monoisotopic (exact) mass is 228 g/mol. The molecule has 0 spiro atoms. The summed E-state index contributed by atoms with van der Waals surface area (Å²) in [7, 11) is 0.